The maximum absolute atomic E-state index is 12.0. The maximum atomic E-state index is 12.0. The molecule has 1 aromatic carbocycles. The van der Waals surface area contributed by atoms with E-state index in [2.05, 4.69) is 14.9 Å². The number of rotatable bonds is 4. The van der Waals surface area contributed by atoms with Crippen molar-refractivity contribution in [3.63, 3.8) is 0 Å². The molecule has 0 amide bonds. The number of nitrogens with one attached hydrogen (secondary N) is 2. The Morgan fingerprint density at radius 3 is 2.61 bits per heavy atom. The second-order valence-electron chi connectivity index (χ2n) is 4.11. The van der Waals surface area contributed by atoms with Gasteiger partial charge < -0.3 is 0 Å². The van der Waals surface area contributed by atoms with E-state index in [0.29, 0.717) is 5.69 Å². The standard InChI is InChI=1S/C12H15N3O2S/c1-9-5-3-4-6-11(9)7-14-18(16,17)12-8-13-15-10(12)2/h3-6,8,14H,7H2,1-2H3,(H,13,15). The lowest BCUT2D eigenvalue weighted by Gasteiger charge is -2.08. The Morgan fingerprint density at radius 1 is 1.28 bits per heavy atom. The van der Waals surface area contributed by atoms with Crippen molar-refractivity contribution in [3.05, 3.63) is 47.3 Å². The second kappa shape index (κ2) is 4.91. The molecule has 0 atom stereocenters. The highest BCUT2D eigenvalue weighted by Gasteiger charge is 2.18. The first-order chi connectivity index (χ1) is 8.50. The van der Waals surface area contributed by atoms with E-state index in [9.17, 15) is 8.42 Å². The molecule has 2 N–H and O–H groups in total. The number of aryl methyl sites for hydroxylation is 2. The van der Waals surface area contributed by atoms with Crippen LogP contribution in [-0.2, 0) is 16.6 Å². The molecule has 0 aliphatic carbocycles. The molecule has 18 heavy (non-hydrogen) atoms. The quantitative estimate of drug-likeness (QED) is 0.879. The van der Waals surface area contributed by atoms with Crippen LogP contribution in [0, 0.1) is 13.8 Å². The minimum Gasteiger partial charge on any atom is -0.281 e. The van der Waals surface area contributed by atoms with Crippen molar-refractivity contribution in [2.75, 3.05) is 0 Å². The average molecular weight is 265 g/mol. The molecule has 0 fully saturated rings. The minimum atomic E-state index is -3.51. The van der Waals surface area contributed by atoms with E-state index < -0.39 is 10.0 Å². The largest absolute Gasteiger partial charge is 0.281 e. The zero-order valence-electron chi connectivity index (χ0n) is 10.3. The summed E-state index contributed by atoms with van der Waals surface area (Å²) >= 11 is 0. The van der Waals surface area contributed by atoms with Gasteiger partial charge in [0.1, 0.15) is 4.90 Å². The summed E-state index contributed by atoms with van der Waals surface area (Å²) in [7, 11) is -3.51. The molecule has 0 spiro atoms. The topological polar surface area (TPSA) is 74.8 Å². The summed E-state index contributed by atoms with van der Waals surface area (Å²) in [5.74, 6) is 0. The summed E-state index contributed by atoms with van der Waals surface area (Å²) in [5.41, 5.74) is 2.55. The molecule has 96 valence electrons. The predicted octanol–water partition coefficient (Wildman–Crippen LogP) is 1.51. The Kier molecular flexibility index (Phi) is 3.49. The van der Waals surface area contributed by atoms with Gasteiger partial charge in [0.2, 0.25) is 10.0 Å². The van der Waals surface area contributed by atoms with Gasteiger partial charge >= 0.3 is 0 Å². The van der Waals surface area contributed by atoms with E-state index >= 15 is 0 Å². The number of hydrogen-bond acceptors (Lipinski definition) is 3. The molecule has 5 nitrogen and oxygen atoms in total. The van der Waals surface area contributed by atoms with Crippen molar-refractivity contribution in [1.82, 2.24) is 14.9 Å². The first kappa shape index (κ1) is 12.8. The fourth-order valence-corrected chi connectivity index (χ4v) is 2.81. The number of hydrogen-bond donors (Lipinski definition) is 2. The van der Waals surface area contributed by atoms with Gasteiger partial charge in [-0.1, -0.05) is 24.3 Å². The van der Waals surface area contributed by atoms with Crippen LogP contribution in [0.15, 0.2) is 35.4 Å². The van der Waals surface area contributed by atoms with Gasteiger partial charge in [-0.2, -0.15) is 5.10 Å². The fraction of sp³-hybridized carbons (Fsp3) is 0.250. The van der Waals surface area contributed by atoms with Crippen LogP contribution in [-0.4, -0.2) is 18.6 Å². The van der Waals surface area contributed by atoms with Gasteiger partial charge in [-0.3, -0.25) is 5.10 Å². The van der Waals surface area contributed by atoms with E-state index in [-0.39, 0.29) is 11.4 Å². The first-order valence-electron chi connectivity index (χ1n) is 5.55. The van der Waals surface area contributed by atoms with E-state index in [1.807, 2.05) is 31.2 Å². The molecule has 6 heteroatoms. The summed E-state index contributed by atoms with van der Waals surface area (Å²) in [5, 5.41) is 6.33. The number of aromatic amines is 1. The van der Waals surface area contributed by atoms with Crippen LogP contribution in [0.5, 0.6) is 0 Å². The summed E-state index contributed by atoms with van der Waals surface area (Å²) < 4.78 is 26.6. The van der Waals surface area contributed by atoms with Crippen LogP contribution < -0.4 is 4.72 Å². The van der Waals surface area contributed by atoms with Gasteiger partial charge in [0.05, 0.1) is 11.9 Å². The molecule has 0 aliphatic heterocycles. The highest BCUT2D eigenvalue weighted by atomic mass is 32.2. The third kappa shape index (κ3) is 2.60. The molecular weight excluding hydrogens is 250 g/mol. The lowest BCUT2D eigenvalue weighted by molar-refractivity contribution is 0.580. The molecule has 2 aromatic rings. The Morgan fingerprint density at radius 2 is 2.00 bits per heavy atom. The van der Waals surface area contributed by atoms with Crippen molar-refractivity contribution >= 4 is 10.0 Å². The smallest absolute Gasteiger partial charge is 0.244 e. The van der Waals surface area contributed by atoms with Crippen LogP contribution in [0.25, 0.3) is 0 Å². The van der Waals surface area contributed by atoms with Crippen molar-refractivity contribution in [3.8, 4) is 0 Å². The van der Waals surface area contributed by atoms with Gasteiger partial charge in [0.25, 0.3) is 0 Å². The Labute approximate surface area is 106 Å². The Hall–Kier alpha value is -1.66. The van der Waals surface area contributed by atoms with E-state index in [0.717, 1.165) is 11.1 Å². The Balaban J connectivity index is 2.16. The van der Waals surface area contributed by atoms with Crippen LogP contribution >= 0.6 is 0 Å². The van der Waals surface area contributed by atoms with Crippen molar-refractivity contribution in [2.45, 2.75) is 25.3 Å². The van der Waals surface area contributed by atoms with Crippen LogP contribution in [0.3, 0.4) is 0 Å². The molecule has 0 radical (unpaired) electrons. The third-order valence-corrected chi connectivity index (χ3v) is 4.30. The van der Waals surface area contributed by atoms with E-state index in [1.165, 1.54) is 6.20 Å². The summed E-state index contributed by atoms with van der Waals surface area (Å²) in [6.07, 6.45) is 1.31. The fourth-order valence-electron chi connectivity index (χ4n) is 1.67. The zero-order valence-corrected chi connectivity index (χ0v) is 11.1. The van der Waals surface area contributed by atoms with Crippen molar-refractivity contribution in [2.24, 2.45) is 0 Å². The van der Waals surface area contributed by atoms with Crippen LogP contribution in [0.4, 0.5) is 0 Å². The molecule has 0 saturated carbocycles. The number of benzene rings is 1. The molecule has 0 bridgehead atoms. The molecule has 0 unspecified atom stereocenters. The normalized spacial score (nSPS) is 11.7. The summed E-state index contributed by atoms with van der Waals surface area (Å²) in [4.78, 5) is 0.191. The van der Waals surface area contributed by atoms with Gasteiger partial charge in [-0.05, 0) is 25.0 Å². The van der Waals surface area contributed by atoms with E-state index in [4.69, 9.17) is 0 Å². The van der Waals surface area contributed by atoms with Gasteiger partial charge in [0.15, 0.2) is 0 Å². The van der Waals surface area contributed by atoms with Crippen LogP contribution in [0.2, 0.25) is 0 Å². The number of H-pyrrole nitrogens is 1. The zero-order chi connectivity index (χ0) is 13.2. The number of nitrogens with zero attached hydrogens (tertiary/aromatic N) is 1. The second-order valence-corrected chi connectivity index (χ2v) is 5.85. The van der Waals surface area contributed by atoms with Crippen molar-refractivity contribution in [1.29, 1.82) is 0 Å². The predicted molar refractivity (Wildman–Crippen MR) is 68.5 cm³/mol. The first-order valence-corrected chi connectivity index (χ1v) is 7.03. The summed E-state index contributed by atoms with van der Waals surface area (Å²) in [6.45, 7) is 3.90. The van der Waals surface area contributed by atoms with Gasteiger partial charge in [0, 0.05) is 6.54 Å². The molecule has 2 rings (SSSR count). The van der Waals surface area contributed by atoms with E-state index in [1.54, 1.807) is 6.92 Å². The third-order valence-electron chi connectivity index (χ3n) is 2.79. The Bertz CT molecular complexity index is 647. The van der Waals surface area contributed by atoms with Crippen molar-refractivity contribution < 1.29 is 8.42 Å². The average Bonchev–Trinajstić information content (AvgIpc) is 2.75. The molecule has 1 heterocycles. The monoisotopic (exact) mass is 265 g/mol. The highest BCUT2D eigenvalue weighted by molar-refractivity contribution is 7.89. The molecule has 0 aliphatic rings. The highest BCUT2D eigenvalue weighted by Crippen LogP contribution is 2.12. The maximum Gasteiger partial charge on any atom is 0.244 e. The summed E-state index contributed by atoms with van der Waals surface area (Å²) in [6, 6.07) is 7.67. The van der Waals surface area contributed by atoms with Gasteiger partial charge in [-0.25, -0.2) is 13.1 Å². The lowest BCUT2D eigenvalue weighted by atomic mass is 10.1. The van der Waals surface area contributed by atoms with Crippen LogP contribution in [0.1, 0.15) is 16.8 Å². The SMILES string of the molecule is Cc1ccccc1CNS(=O)(=O)c1cn[nH]c1C. The lowest BCUT2D eigenvalue weighted by Crippen LogP contribution is -2.23. The molecule has 1 aromatic heterocycles. The molecule has 0 saturated heterocycles. The number of sulfonamides is 1. The van der Waals surface area contributed by atoms with Gasteiger partial charge in [-0.15, -0.1) is 0 Å². The molecular formula is C12H15N3O2S. The minimum absolute atomic E-state index is 0.191. The number of aromatic nitrogens is 2.